The molecule has 2 aromatic carbocycles. The summed E-state index contributed by atoms with van der Waals surface area (Å²) in [6.45, 7) is 0.735. The van der Waals surface area contributed by atoms with Crippen LogP contribution in [-0.4, -0.2) is 31.4 Å². The van der Waals surface area contributed by atoms with Crippen molar-refractivity contribution in [3.63, 3.8) is 0 Å². The number of nitrogens with zero attached hydrogens (tertiary/aromatic N) is 1. The van der Waals surface area contributed by atoms with Crippen LogP contribution in [-0.2, 0) is 0 Å². The normalized spacial score (nSPS) is 20.4. The van der Waals surface area contributed by atoms with Crippen molar-refractivity contribution < 1.29 is 9.18 Å². The highest BCUT2D eigenvalue weighted by atomic mass is 32.1. The first-order valence-electron chi connectivity index (χ1n) is 10.7. The molecular weight excluding hydrogens is 395 g/mol. The van der Waals surface area contributed by atoms with E-state index < -0.39 is 0 Å². The van der Waals surface area contributed by atoms with Crippen molar-refractivity contribution in [1.82, 2.24) is 10.2 Å². The summed E-state index contributed by atoms with van der Waals surface area (Å²) in [5, 5.41) is 6.17. The number of carbonyl (C=O) groups excluding carboxylic acids is 1. The van der Waals surface area contributed by atoms with Crippen molar-refractivity contribution in [2.75, 3.05) is 20.6 Å². The maximum Gasteiger partial charge on any atom is 0.252 e. The Morgan fingerprint density at radius 2 is 1.80 bits per heavy atom. The van der Waals surface area contributed by atoms with Crippen LogP contribution in [0.4, 0.5) is 4.39 Å². The van der Waals surface area contributed by atoms with Crippen LogP contribution in [0.15, 0.2) is 53.9 Å². The highest BCUT2D eigenvalue weighted by Gasteiger charge is 2.30. The summed E-state index contributed by atoms with van der Waals surface area (Å²) in [4.78, 5) is 14.9. The van der Waals surface area contributed by atoms with Crippen LogP contribution < -0.4 is 5.32 Å². The number of rotatable bonds is 6. The van der Waals surface area contributed by atoms with Gasteiger partial charge in [-0.2, -0.15) is 0 Å². The Morgan fingerprint density at radius 3 is 2.50 bits per heavy atom. The van der Waals surface area contributed by atoms with Crippen LogP contribution in [0.25, 0.3) is 10.1 Å². The van der Waals surface area contributed by atoms with Gasteiger partial charge in [-0.3, -0.25) is 4.79 Å². The predicted molar refractivity (Wildman–Crippen MR) is 122 cm³/mol. The molecule has 0 bridgehead atoms. The number of halogens is 1. The summed E-state index contributed by atoms with van der Waals surface area (Å²) in [7, 11) is 4.21. The molecule has 5 heteroatoms. The molecule has 0 saturated heterocycles. The molecular formula is C25H29FN2OS. The summed E-state index contributed by atoms with van der Waals surface area (Å²) < 4.78 is 14.5. The molecule has 0 aliphatic heterocycles. The molecule has 1 aromatic heterocycles. The molecule has 1 fully saturated rings. The number of amides is 1. The maximum absolute atomic E-state index is 13.3. The number of fused-ring (bicyclic) bond motifs is 1. The van der Waals surface area contributed by atoms with E-state index >= 15 is 0 Å². The van der Waals surface area contributed by atoms with Gasteiger partial charge in [-0.05, 0) is 75.4 Å². The predicted octanol–water partition coefficient (Wildman–Crippen LogP) is 5.88. The monoisotopic (exact) mass is 424 g/mol. The minimum Gasteiger partial charge on any atom is -0.352 e. The fraction of sp³-hybridized carbons (Fsp3) is 0.400. The zero-order valence-corrected chi connectivity index (χ0v) is 18.4. The summed E-state index contributed by atoms with van der Waals surface area (Å²) in [5.74, 6) is 0.922. The quantitative estimate of drug-likeness (QED) is 0.536. The van der Waals surface area contributed by atoms with Gasteiger partial charge in [0.1, 0.15) is 5.82 Å². The second-order valence-electron chi connectivity index (χ2n) is 8.60. The van der Waals surface area contributed by atoms with E-state index in [0.29, 0.717) is 17.9 Å². The van der Waals surface area contributed by atoms with E-state index in [0.717, 1.165) is 47.9 Å². The molecule has 1 aliphatic carbocycles. The summed E-state index contributed by atoms with van der Waals surface area (Å²) in [5.41, 5.74) is 1.97. The maximum atomic E-state index is 13.3. The lowest BCUT2D eigenvalue weighted by Crippen LogP contribution is -2.34. The van der Waals surface area contributed by atoms with Gasteiger partial charge in [0.2, 0.25) is 0 Å². The molecule has 1 N–H and O–H groups in total. The van der Waals surface area contributed by atoms with Crippen LogP contribution in [0.3, 0.4) is 0 Å². The smallest absolute Gasteiger partial charge is 0.252 e. The van der Waals surface area contributed by atoms with E-state index in [9.17, 15) is 9.18 Å². The average molecular weight is 425 g/mol. The third-order valence-electron chi connectivity index (χ3n) is 6.38. The van der Waals surface area contributed by atoms with E-state index in [1.54, 1.807) is 23.5 Å². The number of nitrogens with one attached hydrogen (secondary N) is 1. The van der Waals surface area contributed by atoms with E-state index in [1.807, 2.05) is 35.7 Å². The third kappa shape index (κ3) is 4.57. The molecule has 1 unspecified atom stereocenters. The lowest BCUT2D eigenvalue weighted by atomic mass is 9.76. The molecule has 1 saturated carbocycles. The second-order valence-corrected chi connectivity index (χ2v) is 9.51. The largest absolute Gasteiger partial charge is 0.352 e. The molecule has 0 radical (unpaired) electrons. The first kappa shape index (κ1) is 21.0. The number of benzene rings is 2. The first-order chi connectivity index (χ1) is 14.5. The molecule has 3 aromatic rings. The Labute approximate surface area is 181 Å². The summed E-state index contributed by atoms with van der Waals surface area (Å²) >= 11 is 1.62. The van der Waals surface area contributed by atoms with E-state index in [1.165, 1.54) is 5.56 Å². The number of hydrogen-bond acceptors (Lipinski definition) is 3. The van der Waals surface area contributed by atoms with Crippen LogP contribution in [0.5, 0.6) is 0 Å². The SMILES string of the molecule is CN(C)C(c1ccc(F)cc1)C1CCC(CNC(=O)c2csc3ccccc23)CC1. The molecule has 1 atom stereocenters. The zero-order chi connectivity index (χ0) is 21.1. The molecule has 1 aliphatic rings. The Bertz CT molecular complexity index is 990. The lowest BCUT2D eigenvalue weighted by molar-refractivity contribution is 0.0936. The third-order valence-corrected chi connectivity index (χ3v) is 7.35. The van der Waals surface area contributed by atoms with Crippen LogP contribution in [0, 0.1) is 17.7 Å². The van der Waals surface area contributed by atoms with Gasteiger partial charge in [0.25, 0.3) is 5.91 Å². The topological polar surface area (TPSA) is 32.3 Å². The van der Waals surface area contributed by atoms with Gasteiger partial charge in [0, 0.05) is 28.1 Å². The number of thiophene rings is 1. The van der Waals surface area contributed by atoms with Gasteiger partial charge in [0.15, 0.2) is 0 Å². The van der Waals surface area contributed by atoms with Crippen molar-refractivity contribution >= 4 is 27.3 Å². The van der Waals surface area contributed by atoms with E-state index in [4.69, 9.17) is 0 Å². The number of carbonyl (C=O) groups is 1. The summed E-state index contributed by atoms with van der Waals surface area (Å²) in [6, 6.07) is 15.3. The molecule has 4 rings (SSSR count). The highest BCUT2D eigenvalue weighted by molar-refractivity contribution is 7.17. The highest BCUT2D eigenvalue weighted by Crippen LogP contribution is 2.39. The van der Waals surface area contributed by atoms with Gasteiger partial charge in [-0.15, -0.1) is 11.3 Å². The minimum atomic E-state index is -0.186. The standard InChI is InChI=1S/C25H29FN2OS/c1-28(2)24(19-11-13-20(26)14-12-19)18-9-7-17(8-10-18)15-27-25(29)22-16-30-23-6-4-3-5-21(22)23/h3-6,11-14,16-18,24H,7-10,15H2,1-2H3,(H,27,29). The van der Waals surface area contributed by atoms with Crippen molar-refractivity contribution in [3.8, 4) is 0 Å². The van der Waals surface area contributed by atoms with Crippen LogP contribution >= 0.6 is 11.3 Å². The van der Waals surface area contributed by atoms with Crippen molar-refractivity contribution in [3.05, 3.63) is 70.9 Å². The lowest BCUT2D eigenvalue weighted by Gasteiger charge is -2.37. The van der Waals surface area contributed by atoms with Crippen molar-refractivity contribution in [1.29, 1.82) is 0 Å². The minimum absolute atomic E-state index is 0.0343. The number of hydrogen-bond donors (Lipinski definition) is 1. The summed E-state index contributed by atoms with van der Waals surface area (Å²) in [6.07, 6.45) is 4.48. The molecule has 3 nitrogen and oxygen atoms in total. The van der Waals surface area contributed by atoms with Crippen molar-refractivity contribution in [2.45, 2.75) is 31.7 Å². The van der Waals surface area contributed by atoms with E-state index in [2.05, 4.69) is 30.4 Å². The van der Waals surface area contributed by atoms with E-state index in [-0.39, 0.29) is 11.7 Å². The van der Waals surface area contributed by atoms with Gasteiger partial charge in [0.05, 0.1) is 5.56 Å². The Morgan fingerprint density at radius 1 is 1.10 bits per heavy atom. The molecule has 1 heterocycles. The fourth-order valence-electron chi connectivity index (χ4n) is 4.85. The van der Waals surface area contributed by atoms with Crippen LogP contribution in [0.2, 0.25) is 0 Å². The van der Waals surface area contributed by atoms with Gasteiger partial charge < -0.3 is 10.2 Å². The molecule has 158 valence electrons. The Balaban J connectivity index is 1.33. The van der Waals surface area contributed by atoms with Crippen LogP contribution in [0.1, 0.15) is 47.6 Å². The molecule has 1 amide bonds. The van der Waals surface area contributed by atoms with Gasteiger partial charge in [-0.25, -0.2) is 4.39 Å². The first-order valence-corrected chi connectivity index (χ1v) is 11.6. The molecule has 30 heavy (non-hydrogen) atoms. The zero-order valence-electron chi connectivity index (χ0n) is 17.6. The van der Waals surface area contributed by atoms with Gasteiger partial charge in [-0.1, -0.05) is 30.3 Å². The van der Waals surface area contributed by atoms with Gasteiger partial charge >= 0.3 is 0 Å². The average Bonchev–Trinajstić information content (AvgIpc) is 3.18. The molecule has 0 spiro atoms. The Kier molecular flexibility index (Phi) is 6.49. The Hall–Kier alpha value is -2.24. The second kappa shape index (κ2) is 9.27. The van der Waals surface area contributed by atoms with Crippen molar-refractivity contribution in [2.24, 2.45) is 11.8 Å². The fourth-order valence-corrected chi connectivity index (χ4v) is 5.79.